The normalized spacial score (nSPS) is 34.6. The van der Waals surface area contributed by atoms with E-state index in [1.165, 1.54) is 16.7 Å². The molecule has 4 nitrogen and oxygen atoms in total. The molecule has 1 aromatic heterocycles. The summed E-state index contributed by atoms with van der Waals surface area (Å²) in [6, 6.07) is 2.01. The first-order valence-electron chi connectivity index (χ1n) is 10.8. The third-order valence-corrected chi connectivity index (χ3v) is 7.37. The number of fused-ring (bicyclic) bond motifs is 2. The Balaban J connectivity index is 1.64. The van der Waals surface area contributed by atoms with Crippen molar-refractivity contribution in [1.29, 1.82) is 0 Å². The van der Waals surface area contributed by atoms with E-state index in [9.17, 15) is 9.90 Å². The number of hydrogen-bond acceptors (Lipinski definition) is 4. The number of hydrogen-bond donors (Lipinski definition) is 1. The predicted octanol–water partition coefficient (Wildman–Crippen LogP) is 5.91. The maximum absolute atomic E-state index is 12.5. The molecule has 4 heteroatoms. The molecule has 3 aliphatic rings. The minimum absolute atomic E-state index is 0.125. The third kappa shape index (κ3) is 3.27. The van der Waals surface area contributed by atoms with E-state index in [4.69, 9.17) is 9.15 Å². The van der Waals surface area contributed by atoms with Crippen molar-refractivity contribution in [1.82, 2.24) is 0 Å². The van der Waals surface area contributed by atoms with E-state index in [1.807, 2.05) is 6.07 Å². The smallest absolute Gasteiger partial charge is 0.338 e. The summed E-state index contributed by atoms with van der Waals surface area (Å²) in [5, 5.41) is 11.1. The van der Waals surface area contributed by atoms with Gasteiger partial charge in [-0.05, 0) is 76.3 Å². The molecule has 1 saturated carbocycles. The number of carbonyl (C=O) groups excluding carboxylic acids is 1. The Bertz CT molecular complexity index is 873. The third-order valence-electron chi connectivity index (χ3n) is 7.37. The quantitative estimate of drug-likeness (QED) is 0.496. The van der Waals surface area contributed by atoms with Crippen LogP contribution >= 0.6 is 0 Å². The van der Waals surface area contributed by atoms with Crippen LogP contribution in [0.5, 0.6) is 0 Å². The van der Waals surface area contributed by atoms with Crippen molar-refractivity contribution < 1.29 is 19.1 Å². The van der Waals surface area contributed by atoms with Crippen LogP contribution in [-0.2, 0) is 16.0 Å². The van der Waals surface area contributed by atoms with Crippen LogP contribution in [0.4, 0.5) is 0 Å². The van der Waals surface area contributed by atoms with Crippen LogP contribution in [0.15, 0.2) is 57.6 Å². The Hall–Kier alpha value is -2.23. The van der Waals surface area contributed by atoms with Gasteiger partial charge >= 0.3 is 5.97 Å². The number of rotatable bonds is 5. The van der Waals surface area contributed by atoms with Gasteiger partial charge in [0, 0.05) is 11.8 Å². The number of aliphatic hydroxyl groups excluding tert-OH is 1. The first kappa shape index (κ1) is 20.1. The zero-order valence-corrected chi connectivity index (χ0v) is 17.9. The summed E-state index contributed by atoms with van der Waals surface area (Å²) in [5.74, 6) is 0.568. The van der Waals surface area contributed by atoms with Crippen LogP contribution in [0.3, 0.4) is 0 Å². The second-order valence-electron chi connectivity index (χ2n) is 9.28. The molecule has 1 aliphatic heterocycles. The van der Waals surface area contributed by atoms with Gasteiger partial charge in [-0.3, -0.25) is 0 Å². The lowest BCUT2D eigenvalue weighted by Gasteiger charge is -2.46. The fourth-order valence-corrected chi connectivity index (χ4v) is 5.87. The van der Waals surface area contributed by atoms with E-state index in [1.54, 1.807) is 19.5 Å². The second-order valence-corrected chi connectivity index (χ2v) is 9.28. The molecule has 2 heterocycles. The lowest BCUT2D eigenvalue weighted by molar-refractivity contribution is -0.160. The molecule has 1 spiro atoms. The molecule has 4 rings (SSSR count). The van der Waals surface area contributed by atoms with Gasteiger partial charge in [-0.2, -0.15) is 0 Å². The molecule has 1 fully saturated rings. The summed E-state index contributed by atoms with van der Waals surface area (Å²) < 4.78 is 11.2. The minimum atomic E-state index is -0.937. The van der Waals surface area contributed by atoms with E-state index in [0.29, 0.717) is 17.4 Å². The number of carbonyl (C=O) groups is 1. The molecule has 0 aromatic carbocycles. The number of aliphatic hydroxyl groups is 1. The molecule has 0 radical (unpaired) electrons. The van der Waals surface area contributed by atoms with E-state index >= 15 is 0 Å². The van der Waals surface area contributed by atoms with Crippen molar-refractivity contribution in [2.45, 2.75) is 65.4 Å². The number of esters is 1. The number of aryl methyl sites for hydroxylation is 1. The van der Waals surface area contributed by atoms with Gasteiger partial charge in [-0.15, -0.1) is 0 Å². The van der Waals surface area contributed by atoms with Crippen LogP contribution in [0, 0.1) is 23.7 Å². The molecule has 0 saturated heterocycles. The van der Waals surface area contributed by atoms with E-state index in [0.717, 1.165) is 32.1 Å². The minimum Gasteiger partial charge on any atom is -0.507 e. The van der Waals surface area contributed by atoms with Crippen LogP contribution in [0.25, 0.3) is 0 Å². The van der Waals surface area contributed by atoms with Crippen LogP contribution in [0.2, 0.25) is 0 Å². The fourth-order valence-electron chi connectivity index (χ4n) is 5.87. The Labute approximate surface area is 173 Å². The van der Waals surface area contributed by atoms with Gasteiger partial charge in [0.1, 0.15) is 5.76 Å². The lowest BCUT2D eigenvalue weighted by atomic mass is 9.62. The van der Waals surface area contributed by atoms with Crippen molar-refractivity contribution in [3.05, 3.63) is 58.8 Å². The van der Waals surface area contributed by atoms with Crippen molar-refractivity contribution in [3.8, 4) is 0 Å². The van der Waals surface area contributed by atoms with Crippen molar-refractivity contribution in [3.63, 3.8) is 0 Å². The molecule has 1 N–H and O–H groups in total. The van der Waals surface area contributed by atoms with Crippen LogP contribution in [-0.4, -0.2) is 16.7 Å². The Morgan fingerprint density at radius 3 is 2.79 bits per heavy atom. The molecule has 2 aliphatic carbocycles. The largest absolute Gasteiger partial charge is 0.507 e. The maximum atomic E-state index is 12.5. The molecular weight excluding hydrogens is 364 g/mol. The number of allylic oxidation sites excluding steroid dienone is 2. The summed E-state index contributed by atoms with van der Waals surface area (Å²) in [6.07, 6.45) is 13.1. The van der Waals surface area contributed by atoms with E-state index in [-0.39, 0.29) is 23.6 Å². The molecule has 29 heavy (non-hydrogen) atoms. The summed E-state index contributed by atoms with van der Waals surface area (Å²) >= 11 is 0. The Kier molecular flexibility index (Phi) is 5.22. The number of ether oxygens (including phenoxy) is 1. The summed E-state index contributed by atoms with van der Waals surface area (Å²) in [5.41, 5.74) is 3.27. The zero-order valence-electron chi connectivity index (χ0n) is 17.9. The van der Waals surface area contributed by atoms with E-state index < -0.39 is 5.60 Å². The standard InChI is InChI=1S/C25H32O4/c1-15(6-5-7-19-10-11-28-14-19)12-20-13-17(3)21-9-8-16(2)22(21)25(20)23(26)18(4)24(27)29-25/h10-14,16,20-22,26H,5-9H2,1-4H3/t16-,20?,21?,22+,25?/m0/s1. The molecule has 5 atom stereocenters. The molecular formula is C25H32O4. The van der Waals surface area contributed by atoms with Gasteiger partial charge in [0.2, 0.25) is 0 Å². The molecule has 0 bridgehead atoms. The molecule has 1 aromatic rings. The fraction of sp³-hybridized carbons (Fsp3) is 0.560. The van der Waals surface area contributed by atoms with Crippen molar-refractivity contribution in [2.75, 3.05) is 0 Å². The maximum Gasteiger partial charge on any atom is 0.338 e. The lowest BCUT2D eigenvalue weighted by Crippen LogP contribution is -2.52. The number of furan rings is 1. The van der Waals surface area contributed by atoms with Gasteiger partial charge in [0.15, 0.2) is 5.60 Å². The highest BCUT2D eigenvalue weighted by Crippen LogP contribution is 2.58. The monoisotopic (exact) mass is 396 g/mol. The van der Waals surface area contributed by atoms with Crippen molar-refractivity contribution >= 4 is 5.97 Å². The molecule has 156 valence electrons. The SMILES string of the molecule is CC(=CC1C=C(C)C2CC[C@H](C)[C@H]2C12OC(=O)C(C)=C2O)CCCc1ccoc1. The topological polar surface area (TPSA) is 59.7 Å². The van der Waals surface area contributed by atoms with Crippen LogP contribution in [0.1, 0.15) is 58.9 Å². The average molecular weight is 397 g/mol. The van der Waals surface area contributed by atoms with E-state index in [2.05, 4.69) is 32.9 Å². The Morgan fingerprint density at radius 2 is 2.14 bits per heavy atom. The first-order chi connectivity index (χ1) is 13.8. The second kappa shape index (κ2) is 7.55. The summed E-state index contributed by atoms with van der Waals surface area (Å²) in [7, 11) is 0. The summed E-state index contributed by atoms with van der Waals surface area (Å²) in [6.45, 7) is 8.26. The first-order valence-corrected chi connectivity index (χ1v) is 10.8. The van der Waals surface area contributed by atoms with Crippen LogP contribution < -0.4 is 0 Å². The van der Waals surface area contributed by atoms with Gasteiger partial charge in [0.25, 0.3) is 0 Å². The zero-order chi connectivity index (χ0) is 20.8. The Morgan fingerprint density at radius 1 is 1.34 bits per heavy atom. The van der Waals surface area contributed by atoms with Gasteiger partial charge in [-0.1, -0.05) is 30.2 Å². The highest BCUT2D eigenvalue weighted by atomic mass is 16.6. The predicted molar refractivity (Wildman–Crippen MR) is 112 cm³/mol. The van der Waals surface area contributed by atoms with Gasteiger partial charge in [-0.25, -0.2) is 4.79 Å². The highest BCUT2D eigenvalue weighted by molar-refractivity contribution is 5.92. The van der Waals surface area contributed by atoms with Crippen molar-refractivity contribution in [2.24, 2.45) is 23.7 Å². The van der Waals surface area contributed by atoms with Gasteiger partial charge < -0.3 is 14.3 Å². The highest BCUT2D eigenvalue weighted by Gasteiger charge is 2.62. The summed E-state index contributed by atoms with van der Waals surface area (Å²) in [4.78, 5) is 12.5. The molecule has 3 unspecified atom stereocenters. The molecule has 0 amide bonds. The average Bonchev–Trinajstić information content (AvgIpc) is 3.38. The van der Waals surface area contributed by atoms with Gasteiger partial charge in [0.05, 0.1) is 18.1 Å².